The van der Waals surface area contributed by atoms with Gasteiger partial charge in [-0.1, -0.05) is 24.3 Å². The van der Waals surface area contributed by atoms with Crippen LogP contribution in [0.2, 0.25) is 0 Å². The summed E-state index contributed by atoms with van der Waals surface area (Å²) in [6, 6.07) is 8.05. The number of allylic oxidation sites excluding steroid dienone is 6. The molecule has 3 aliphatic rings. The largest absolute Gasteiger partial charge is 0.455 e. The van der Waals surface area contributed by atoms with Crippen LogP contribution in [-0.4, -0.2) is 0 Å². The molecule has 1 aromatic carbocycles. The Labute approximate surface area is 117 Å². The second kappa shape index (κ2) is 4.17. The summed E-state index contributed by atoms with van der Waals surface area (Å²) in [5.41, 5.74) is 10.0. The van der Waals surface area contributed by atoms with Crippen molar-refractivity contribution in [1.29, 1.82) is 0 Å². The monoisotopic (exact) mass is 262 g/mol. The van der Waals surface area contributed by atoms with Gasteiger partial charge in [-0.25, -0.2) is 0 Å². The van der Waals surface area contributed by atoms with Crippen molar-refractivity contribution in [3.8, 4) is 5.75 Å². The second-order valence-corrected chi connectivity index (χ2v) is 4.93. The van der Waals surface area contributed by atoms with Gasteiger partial charge < -0.3 is 15.4 Å². The van der Waals surface area contributed by atoms with Gasteiger partial charge in [0.15, 0.2) is 5.75 Å². The highest BCUT2D eigenvalue weighted by molar-refractivity contribution is 5.72. The van der Waals surface area contributed by atoms with Crippen molar-refractivity contribution < 1.29 is 4.74 Å². The lowest BCUT2D eigenvalue weighted by atomic mass is 10.0. The van der Waals surface area contributed by atoms with Gasteiger partial charge in [0.25, 0.3) is 0 Å². The third kappa shape index (κ3) is 1.60. The summed E-state index contributed by atoms with van der Waals surface area (Å²) in [4.78, 5) is 2.14. The molecule has 20 heavy (non-hydrogen) atoms. The van der Waals surface area contributed by atoms with Crippen molar-refractivity contribution in [2.24, 2.45) is 5.73 Å². The van der Waals surface area contributed by atoms with E-state index in [0.29, 0.717) is 0 Å². The summed E-state index contributed by atoms with van der Waals surface area (Å²) in [5, 5.41) is 0. The second-order valence-electron chi connectivity index (χ2n) is 4.93. The van der Waals surface area contributed by atoms with Crippen LogP contribution < -0.4 is 15.4 Å². The Bertz CT molecular complexity index is 735. The average Bonchev–Trinajstić information content (AvgIpc) is 2.61. The first-order valence-corrected chi connectivity index (χ1v) is 6.65. The van der Waals surface area contributed by atoms with Crippen LogP contribution in [0, 0.1) is 0 Å². The van der Waals surface area contributed by atoms with E-state index >= 15 is 0 Å². The number of hydrogen-bond donors (Lipinski definition) is 1. The number of fused-ring (bicyclic) bond motifs is 4. The quantitative estimate of drug-likeness (QED) is 0.779. The van der Waals surface area contributed by atoms with Crippen molar-refractivity contribution in [1.82, 2.24) is 0 Å². The molecule has 0 radical (unpaired) electrons. The molecule has 0 fully saturated rings. The molecule has 3 nitrogen and oxygen atoms in total. The van der Waals surface area contributed by atoms with Crippen molar-refractivity contribution in [2.45, 2.75) is 6.42 Å². The first-order chi connectivity index (χ1) is 9.83. The lowest BCUT2D eigenvalue weighted by molar-refractivity contribution is 0.437. The molecule has 2 aliphatic heterocycles. The van der Waals surface area contributed by atoms with Gasteiger partial charge in [0, 0.05) is 17.5 Å². The van der Waals surface area contributed by atoms with Gasteiger partial charge in [-0.2, -0.15) is 0 Å². The van der Waals surface area contributed by atoms with Gasteiger partial charge in [-0.3, -0.25) is 0 Å². The number of ether oxygens (including phenoxy) is 1. The normalized spacial score (nSPS) is 19.3. The number of rotatable bonds is 0. The zero-order valence-corrected chi connectivity index (χ0v) is 10.9. The molecule has 1 aromatic rings. The highest BCUT2D eigenvalue weighted by Crippen LogP contribution is 2.41. The van der Waals surface area contributed by atoms with Gasteiger partial charge >= 0.3 is 0 Å². The van der Waals surface area contributed by atoms with E-state index in [9.17, 15) is 0 Å². The Morgan fingerprint density at radius 1 is 1.20 bits per heavy atom. The van der Waals surface area contributed by atoms with Crippen molar-refractivity contribution in [2.75, 3.05) is 4.90 Å². The zero-order chi connectivity index (χ0) is 13.5. The van der Waals surface area contributed by atoms with E-state index in [1.54, 1.807) is 0 Å². The molecule has 2 N–H and O–H groups in total. The molecule has 0 atom stereocenters. The number of anilines is 1. The topological polar surface area (TPSA) is 38.5 Å². The van der Waals surface area contributed by atoms with E-state index in [1.807, 2.05) is 48.7 Å². The molecule has 98 valence electrons. The Kier molecular flexibility index (Phi) is 2.33. The van der Waals surface area contributed by atoms with Crippen molar-refractivity contribution >= 4 is 5.69 Å². The molecule has 3 heteroatoms. The Morgan fingerprint density at radius 2 is 2.10 bits per heavy atom. The van der Waals surface area contributed by atoms with Crippen LogP contribution in [0.25, 0.3) is 0 Å². The van der Waals surface area contributed by atoms with Crippen LogP contribution in [0.15, 0.2) is 83.6 Å². The maximum atomic E-state index is 6.09. The maximum absolute atomic E-state index is 6.09. The van der Waals surface area contributed by atoms with E-state index in [-0.39, 0.29) is 0 Å². The molecular weight excluding hydrogens is 248 g/mol. The molecule has 0 aromatic heterocycles. The first-order valence-electron chi connectivity index (χ1n) is 6.65. The maximum Gasteiger partial charge on any atom is 0.151 e. The van der Waals surface area contributed by atoms with Crippen LogP contribution in [-0.2, 0) is 0 Å². The highest BCUT2D eigenvalue weighted by Gasteiger charge is 2.26. The Morgan fingerprint density at radius 3 is 3.05 bits per heavy atom. The Balaban J connectivity index is 1.99. The van der Waals surface area contributed by atoms with Crippen LogP contribution in [0.1, 0.15) is 6.42 Å². The molecule has 0 unspecified atom stereocenters. The summed E-state index contributed by atoms with van der Waals surface area (Å²) in [6.07, 6.45) is 12.9. The van der Waals surface area contributed by atoms with Gasteiger partial charge in [-0.05, 0) is 36.8 Å². The fraction of sp³-hybridized carbons (Fsp3) is 0.0588. The predicted molar refractivity (Wildman–Crippen MR) is 79.8 cm³/mol. The Hall–Kier alpha value is -2.68. The van der Waals surface area contributed by atoms with Crippen molar-refractivity contribution in [3.63, 3.8) is 0 Å². The third-order valence-corrected chi connectivity index (χ3v) is 3.64. The van der Waals surface area contributed by atoms with E-state index in [4.69, 9.17) is 10.5 Å². The zero-order valence-electron chi connectivity index (χ0n) is 10.9. The van der Waals surface area contributed by atoms with E-state index in [1.165, 1.54) is 0 Å². The highest BCUT2D eigenvalue weighted by atomic mass is 16.5. The van der Waals surface area contributed by atoms with Crippen LogP contribution in [0.4, 0.5) is 5.69 Å². The first kappa shape index (κ1) is 11.2. The minimum Gasteiger partial charge on any atom is -0.455 e. The SMILES string of the molecule is NC1=CC2=C3CC=CC=C3Oc3ccccc3N2C=C1. The van der Waals surface area contributed by atoms with Gasteiger partial charge in [-0.15, -0.1) is 0 Å². The molecule has 0 spiro atoms. The number of nitrogens with two attached hydrogens (primary N) is 1. The van der Waals surface area contributed by atoms with Crippen LogP contribution >= 0.6 is 0 Å². The van der Waals surface area contributed by atoms with Crippen molar-refractivity contribution in [3.05, 3.63) is 83.6 Å². The minimum atomic E-state index is 0.761. The summed E-state index contributed by atoms with van der Waals surface area (Å²) in [6.45, 7) is 0. The minimum absolute atomic E-state index is 0.761. The number of hydrogen-bond acceptors (Lipinski definition) is 3. The number of para-hydroxylation sites is 2. The van der Waals surface area contributed by atoms with E-state index in [2.05, 4.69) is 17.0 Å². The van der Waals surface area contributed by atoms with Crippen LogP contribution in [0.5, 0.6) is 5.75 Å². The average molecular weight is 262 g/mol. The van der Waals surface area contributed by atoms with E-state index < -0.39 is 0 Å². The van der Waals surface area contributed by atoms with Gasteiger partial charge in [0.05, 0.1) is 11.4 Å². The molecule has 1 aliphatic carbocycles. The molecule has 0 bridgehead atoms. The third-order valence-electron chi connectivity index (χ3n) is 3.64. The van der Waals surface area contributed by atoms with Gasteiger partial charge in [0.1, 0.15) is 5.76 Å². The molecule has 0 amide bonds. The van der Waals surface area contributed by atoms with E-state index in [0.717, 1.165) is 40.6 Å². The smallest absolute Gasteiger partial charge is 0.151 e. The standard InChI is InChI=1S/C17H14N2O/c18-12-9-10-19-14-6-2-4-8-17(14)20-16-7-3-1-5-13(16)15(19)11-12/h1-4,6-11H,5,18H2. The summed E-state index contributed by atoms with van der Waals surface area (Å²) < 4.78 is 6.09. The summed E-state index contributed by atoms with van der Waals surface area (Å²) in [7, 11) is 0. The number of benzene rings is 1. The fourth-order valence-electron chi connectivity index (χ4n) is 2.69. The lowest BCUT2D eigenvalue weighted by Gasteiger charge is -2.25. The summed E-state index contributed by atoms with van der Waals surface area (Å²) in [5.74, 6) is 1.76. The summed E-state index contributed by atoms with van der Waals surface area (Å²) >= 11 is 0. The van der Waals surface area contributed by atoms with Gasteiger partial charge in [0.2, 0.25) is 0 Å². The fourth-order valence-corrected chi connectivity index (χ4v) is 2.69. The molecule has 2 heterocycles. The molecule has 0 saturated carbocycles. The molecular formula is C17H14N2O. The number of nitrogens with zero attached hydrogens (tertiary/aromatic N) is 1. The predicted octanol–water partition coefficient (Wildman–Crippen LogP) is 3.35. The molecule has 4 rings (SSSR count). The molecule has 0 saturated heterocycles. The lowest BCUT2D eigenvalue weighted by Crippen LogP contribution is -2.20. The van der Waals surface area contributed by atoms with Crippen LogP contribution in [0.3, 0.4) is 0 Å².